The first-order valence-corrected chi connectivity index (χ1v) is 26.2. The van der Waals surface area contributed by atoms with Crippen molar-refractivity contribution in [3.05, 3.63) is 273 Å². The third-order valence-corrected chi connectivity index (χ3v) is 14.3. The second-order valence-corrected chi connectivity index (χ2v) is 18.9. The Morgan fingerprint density at radius 2 is 0.468 bits per heavy atom. The van der Waals surface area contributed by atoms with Gasteiger partial charge in [0.25, 0.3) is 0 Å². The van der Waals surface area contributed by atoms with Crippen molar-refractivity contribution in [2.45, 2.75) is 0 Å². The van der Waals surface area contributed by atoms with Crippen LogP contribution in [0.25, 0.3) is 27.5 Å². The molecule has 0 aliphatic carbocycles. The molecule has 0 bridgehead atoms. The Kier molecular flexibility index (Phi) is 13.8. The Labute approximate surface area is 461 Å². The molecule has 1 heterocycles. The molecule has 0 spiro atoms. The number of methoxy groups -OCH3 is 4. The first kappa shape index (κ1) is 49.5. The van der Waals surface area contributed by atoms with E-state index in [1.165, 1.54) is 0 Å². The molecule has 0 saturated heterocycles. The van der Waals surface area contributed by atoms with E-state index in [9.17, 15) is 0 Å². The molecule has 0 aliphatic heterocycles. The van der Waals surface area contributed by atoms with Gasteiger partial charge < -0.3 is 43.1 Å². The highest BCUT2D eigenvalue weighted by molar-refractivity contribution is 6.12. The quantitative estimate of drug-likeness (QED) is 0.0894. The second kappa shape index (κ2) is 22.1. The predicted molar refractivity (Wildman–Crippen MR) is 326 cm³/mol. The van der Waals surface area contributed by atoms with Crippen molar-refractivity contribution in [1.29, 1.82) is 0 Å². The number of ether oxygens (including phenoxy) is 4. The zero-order valence-corrected chi connectivity index (χ0v) is 44.3. The van der Waals surface area contributed by atoms with Gasteiger partial charge in [-0.3, -0.25) is 0 Å². The molecule has 12 aromatic rings. The molecule has 0 amide bonds. The van der Waals surface area contributed by atoms with Gasteiger partial charge in [0, 0.05) is 67.6 Å². The summed E-state index contributed by atoms with van der Waals surface area (Å²) in [5.41, 5.74) is 14.9. The monoisotopic (exact) mass is 1030 g/mol. The molecular formula is C70H57N5O4. The Balaban J connectivity index is 1.16. The zero-order valence-electron chi connectivity index (χ0n) is 44.3. The van der Waals surface area contributed by atoms with Gasteiger partial charge >= 0.3 is 0 Å². The maximum Gasteiger partial charge on any atom is 0.119 e. The van der Waals surface area contributed by atoms with Gasteiger partial charge in [0.2, 0.25) is 0 Å². The largest absolute Gasteiger partial charge is 0.497 e. The molecule has 1 aromatic heterocycles. The van der Waals surface area contributed by atoms with Crippen LogP contribution in [0.5, 0.6) is 23.0 Å². The summed E-state index contributed by atoms with van der Waals surface area (Å²) in [6, 6.07) is 95.7. The summed E-state index contributed by atoms with van der Waals surface area (Å²) in [6.07, 6.45) is 0. The molecular weight excluding hydrogens is 975 g/mol. The van der Waals surface area contributed by atoms with Gasteiger partial charge in [-0.1, -0.05) is 72.8 Å². The van der Waals surface area contributed by atoms with E-state index in [0.717, 1.165) is 119 Å². The van der Waals surface area contributed by atoms with Crippen LogP contribution in [0.3, 0.4) is 0 Å². The molecule has 9 nitrogen and oxygen atoms in total. The highest BCUT2D eigenvalue weighted by Gasteiger charge is 2.24. The first-order chi connectivity index (χ1) is 39.0. The molecule has 0 radical (unpaired) electrons. The number of aromatic nitrogens is 1. The van der Waals surface area contributed by atoms with Crippen molar-refractivity contribution in [2.24, 2.45) is 0 Å². The minimum absolute atomic E-state index is 0.778. The summed E-state index contributed by atoms with van der Waals surface area (Å²) >= 11 is 0. The molecule has 0 saturated carbocycles. The normalized spacial score (nSPS) is 11.0. The third-order valence-electron chi connectivity index (χ3n) is 14.3. The Morgan fingerprint density at radius 3 is 0.734 bits per heavy atom. The van der Waals surface area contributed by atoms with Gasteiger partial charge in [-0.05, 0) is 200 Å². The van der Waals surface area contributed by atoms with E-state index in [4.69, 9.17) is 18.9 Å². The summed E-state index contributed by atoms with van der Waals surface area (Å²) in [5.74, 6) is 3.14. The van der Waals surface area contributed by atoms with E-state index in [0.29, 0.717) is 0 Å². The average molecular weight is 1030 g/mol. The van der Waals surface area contributed by atoms with E-state index in [-0.39, 0.29) is 0 Å². The van der Waals surface area contributed by atoms with Crippen LogP contribution in [-0.2, 0) is 0 Å². The lowest BCUT2D eigenvalue weighted by Gasteiger charge is -2.30. The van der Waals surface area contributed by atoms with Crippen LogP contribution in [-0.4, -0.2) is 33.0 Å². The van der Waals surface area contributed by atoms with Crippen molar-refractivity contribution >= 4 is 90.1 Å². The van der Waals surface area contributed by atoms with Crippen molar-refractivity contribution in [1.82, 2.24) is 4.57 Å². The lowest BCUT2D eigenvalue weighted by Crippen LogP contribution is -2.14. The molecule has 9 heteroatoms. The molecule has 79 heavy (non-hydrogen) atoms. The summed E-state index contributed by atoms with van der Waals surface area (Å²) < 4.78 is 25.1. The lowest BCUT2D eigenvalue weighted by molar-refractivity contribution is 0.414. The first-order valence-electron chi connectivity index (χ1n) is 26.2. The van der Waals surface area contributed by atoms with E-state index in [2.05, 4.69) is 249 Å². The molecule has 0 unspecified atom stereocenters. The number of para-hydroxylation sites is 4. The van der Waals surface area contributed by atoms with Gasteiger partial charge in [0.1, 0.15) is 23.0 Å². The standard InChI is InChI=1S/C70H57N5O4/c1-76-63-35-25-54(26-36-63)71(50-17-9-5-10-18-50)58-33-43-69-67(48-58)68-49-59(72(51-19-11-6-12-20-51)55-27-37-64(77-2)38-28-55)34-44-70(68)75(69)62-46-60(73(52-21-13-7-14-22-52)56-29-39-65(78-3)40-30-56)45-61(47-62)74(53-23-15-8-16-24-53)57-31-41-66(79-4)42-32-57/h5-49H,1-4H3. The maximum absolute atomic E-state index is 5.69. The fourth-order valence-corrected chi connectivity index (χ4v) is 10.5. The zero-order chi connectivity index (χ0) is 53.7. The van der Waals surface area contributed by atoms with Crippen LogP contribution in [0.1, 0.15) is 0 Å². The van der Waals surface area contributed by atoms with E-state index in [1.807, 2.05) is 48.5 Å². The van der Waals surface area contributed by atoms with Crippen molar-refractivity contribution < 1.29 is 18.9 Å². The molecule has 0 atom stereocenters. The Hall–Kier alpha value is -10.4. The van der Waals surface area contributed by atoms with Crippen LogP contribution in [0.2, 0.25) is 0 Å². The molecule has 0 N–H and O–H groups in total. The van der Waals surface area contributed by atoms with Gasteiger partial charge in [-0.25, -0.2) is 0 Å². The van der Waals surface area contributed by atoms with Crippen molar-refractivity contribution in [3.8, 4) is 28.7 Å². The van der Waals surface area contributed by atoms with Crippen LogP contribution < -0.4 is 38.5 Å². The van der Waals surface area contributed by atoms with E-state index in [1.54, 1.807) is 28.4 Å². The minimum Gasteiger partial charge on any atom is -0.497 e. The topological polar surface area (TPSA) is 54.8 Å². The maximum atomic E-state index is 5.69. The molecule has 0 aliphatic rings. The van der Waals surface area contributed by atoms with Gasteiger partial charge in [-0.2, -0.15) is 0 Å². The Morgan fingerprint density at radius 1 is 0.228 bits per heavy atom. The molecule has 386 valence electrons. The summed E-state index contributed by atoms with van der Waals surface area (Å²) in [5, 5.41) is 2.15. The number of benzene rings is 11. The summed E-state index contributed by atoms with van der Waals surface area (Å²) in [4.78, 5) is 9.23. The predicted octanol–water partition coefficient (Wildman–Crippen LogP) is 18.7. The van der Waals surface area contributed by atoms with Gasteiger partial charge in [0.15, 0.2) is 0 Å². The average Bonchev–Trinajstić information content (AvgIpc) is 4.12. The van der Waals surface area contributed by atoms with Gasteiger partial charge in [0.05, 0.1) is 56.5 Å². The van der Waals surface area contributed by atoms with Crippen LogP contribution in [0.15, 0.2) is 273 Å². The SMILES string of the molecule is COc1ccc(N(c2ccccc2)c2cc(N(c3ccccc3)c3ccc(OC)cc3)cc(-n3c4ccc(N(c5ccccc5)c5ccc(OC)cc5)cc4c4cc(N(c5ccccc5)c5ccc(OC)cc5)ccc43)c2)cc1. The molecule has 11 aromatic carbocycles. The van der Waals surface area contributed by atoms with Crippen LogP contribution >= 0.6 is 0 Å². The minimum atomic E-state index is 0.778. The van der Waals surface area contributed by atoms with E-state index >= 15 is 0 Å². The highest BCUT2D eigenvalue weighted by atomic mass is 16.5. The van der Waals surface area contributed by atoms with E-state index < -0.39 is 0 Å². The lowest BCUT2D eigenvalue weighted by atomic mass is 10.1. The number of hydrogen-bond acceptors (Lipinski definition) is 8. The third kappa shape index (κ3) is 9.89. The van der Waals surface area contributed by atoms with Gasteiger partial charge in [-0.15, -0.1) is 0 Å². The highest BCUT2D eigenvalue weighted by Crippen LogP contribution is 2.47. The summed E-state index contributed by atoms with van der Waals surface area (Å²) in [7, 11) is 6.80. The number of fused-ring (bicyclic) bond motifs is 3. The molecule has 12 rings (SSSR count). The fourth-order valence-electron chi connectivity index (χ4n) is 10.5. The van der Waals surface area contributed by atoms with Crippen molar-refractivity contribution in [2.75, 3.05) is 48.0 Å². The summed E-state index contributed by atoms with van der Waals surface area (Å²) in [6.45, 7) is 0. The fraction of sp³-hybridized carbons (Fsp3) is 0.0571. The van der Waals surface area contributed by atoms with Crippen molar-refractivity contribution in [3.63, 3.8) is 0 Å². The number of hydrogen-bond donors (Lipinski definition) is 0. The Bertz CT molecular complexity index is 3730. The molecule has 0 fully saturated rings. The van der Waals surface area contributed by atoms with Crippen LogP contribution in [0.4, 0.5) is 68.2 Å². The second-order valence-electron chi connectivity index (χ2n) is 18.9. The number of anilines is 12. The smallest absolute Gasteiger partial charge is 0.119 e. The number of rotatable bonds is 17. The number of nitrogens with zero attached hydrogens (tertiary/aromatic N) is 5. The van der Waals surface area contributed by atoms with Crippen LogP contribution in [0, 0.1) is 0 Å².